The summed E-state index contributed by atoms with van der Waals surface area (Å²) >= 11 is 0. The summed E-state index contributed by atoms with van der Waals surface area (Å²) in [6.45, 7) is 1.49. The van der Waals surface area contributed by atoms with E-state index < -0.39 is 17.7 Å². The molecule has 0 atom stereocenters. The second-order valence-corrected chi connectivity index (χ2v) is 4.21. The molecule has 104 valence electrons. The van der Waals surface area contributed by atoms with Gasteiger partial charge >= 0.3 is 12.0 Å². The standard InChI is InChI=1S/C15H11F3O2/c1-10-9-12(8-7-11-5-3-2-4-6-11)13(20-10)14(19)15(16,17)18/h2-9H,1H3/b8-7+. The van der Waals surface area contributed by atoms with Crippen molar-refractivity contribution in [2.75, 3.05) is 0 Å². The molecule has 0 saturated heterocycles. The van der Waals surface area contributed by atoms with E-state index in [-0.39, 0.29) is 11.3 Å². The number of rotatable bonds is 3. The molecular formula is C15H11F3O2. The van der Waals surface area contributed by atoms with Crippen LogP contribution in [0.15, 0.2) is 40.8 Å². The van der Waals surface area contributed by atoms with Crippen molar-refractivity contribution >= 4 is 17.9 Å². The number of hydrogen-bond donors (Lipinski definition) is 0. The largest absolute Gasteiger partial charge is 0.458 e. The van der Waals surface area contributed by atoms with E-state index in [0.717, 1.165) is 5.56 Å². The van der Waals surface area contributed by atoms with Gasteiger partial charge in [-0.2, -0.15) is 13.2 Å². The van der Waals surface area contributed by atoms with E-state index >= 15 is 0 Å². The van der Waals surface area contributed by atoms with Crippen LogP contribution in [0.5, 0.6) is 0 Å². The van der Waals surface area contributed by atoms with E-state index in [9.17, 15) is 18.0 Å². The number of furan rings is 1. The van der Waals surface area contributed by atoms with Crippen molar-refractivity contribution in [3.8, 4) is 0 Å². The van der Waals surface area contributed by atoms with Crippen LogP contribution in [0.2, 0.25) is 0 Å². The Morgan fingerprint density at radius 1 is 1.15 bits per heavy atom. The molecule has 0 unspecified atom stereocenters. The van der Waals surface area contributed by atoms with Crippen molar-refractivity contribution in [2.24, 2.45) is 0 Å². The van der Waals surface area contributed by atoms with Gasteiger partial charge < -0.3 is 4.42 Å². The quantitative estimate of drug-likeness (QED) is 0.775. The molecule has 0 aliphatic heterocycles. The number of ketones is 1. The van der Waals surface area contributed by atoms with Crippen LogP contribution in [-0.2, 0) is 0 Å². The lowest BCUT2D eigenvalue weighted by Crippen LogP contribution is -2.22. The first-order valence-electron chi connectivity index (χ1n) is 5.83. The highest BCUT2D eigenvalue weighted by atomic mass is 19.4. The number of Topliss-reactive ketones (excluding diaryl/α,β-unsaturated/α-hetero) is 1. The van der Waals surface area contributed by atoms with Gasteiger partial charge in [0.25, 0.3) is 0 Å². The lowest BCUT2D eigenvalue weighted by molar-refractivity contribution is -0.0899. The second kappa shape index (κ2) is 5.36. The molecule has 0 fully saturated rings. The van der Waals surface area contributed by atoms with E-state index in [1.165, 1.54) is 19.1 Å². The molecule has 2 rings (SSSR count). The molecule has 5 heteroatoms. The summed E-state index contributed by atoms with van der Waals surface area (Å²) in [6, 6.07) is 10.4. The van der Waals surface area contributed by atoms with Gasteiger partial charge in [-0.3, -0.25) is 4.79 Å². The lowest BCUT2D eigenvalue weighted by Gasteiger charge is -2.02. The summed E-state index contributed by atoms with van der Waals surface area (Å²) < 4.78 is 42.2. The van der Waals surface area contributed by atoms with Gasteiger partial charge in [-0.05, 0) is 18.6 Å². The zero-order chi connectivity index (χ0) is 14.8. The third kappa shape index (κ3) is 3.17. The molecule has 1 aromatic carbocycles. The number of halogens is 3. The Hall–Kier alpha value is -2.30. The zero-order valence-electron chi connectivity index (χ0n) is 10.6. The van der Waals surface area contributed by atoms with Crippen molar-refractivity contribution in [3.05, 3.63) is 59.0 Å². The number of hydrogen-bond acceptors (Lipinski definition) is 2. The highest BCUT2D eigenvalue weighted by Crippen LogP contribution is 2.27. The van der Waals surface area contributed by atoms with Crippen molar-refractivity contribution in [3.63, 3.8) is 0 Å². The molecule has 0 radical (unpaired) electrons. The minimum absolute atomic E-state index is 0.119. The summed E-state index contributed by atoms with van der Waals surface area (Å²) in [5.41, 5.74) is 0.936. The maximum atomic E-state index is 12.5. The first-order chi connectivity index (χ1) is 9.38. The number of carbonyl (C=O) groups is 1. The van der Waals surface area contributed by atoms with Crippen LogP contribution in [0.3, 0.4) is 0 Å². The Morgan fingerprint density at radius 3 is 2.40 bits per heavy atom. The fraction of sp³-hybridized carbons (Fsp3) is 0.133. The fourth-order valence-electron chi connectivity index (χ4n) is 1.71. The van der Waals surface area contributed by atoms with Crippen LogP contribution in [0.4, 0.5) is 13.2 Å². The van der Waals surface area contributed by atoms with E-state index in [2.05, 4.69) is 0 Å². The van der Waals surface area contributed by atoms with Crippen molar-refractivity contribution in [1.82, 2.24) is 0 Å². The molecule has 2 nitrogen and oxygen atoms in total. The Labute approximate surface area is 113 Å². The smallest absolute Gasteiger partial charge is 0.457 e. The van der Waals surface area contributed by atoms with Crippen molar-refractivity contribution in [2.45, 2.75) is 13.1 Å². The Bertz CT molecular complexity index is 637. The normalized spacial score (nSPS) is 12.0. The van der Waals surface area contributed by atoms with Gasteiger partial charge in [0.15, 0.2) is 5.76 Å². The molecule has 0 saturated carbocycles. The van der Waals surface area contributed by atoms with Crippen LogP contribution in [-0.4, -0.2) is 12.0 Å². The van der Waals surface area contributed by atoms with Gasteiger partial charge in [0.1, 0.15) is 5.76 Å². The average molecular weight is 280 g/mol. The SMILES string of the molecule is Cc1cc(/C=C/c2ccccc2)c(C(=O)C(F)(F)F)o1. The third-order valence-corrected chi connectivity index (χ3v) is 2.60. The van der Waals surface area contributed by atoms with Gasteiger partial charge in [-0.1, -0.05) is 42.5 Å². The Morgan fingerprint density at radius 2 is 1.80 bits per heavy atom. The maximum absolute atomic E-state index is 12.5. The molecule has 20 heavy (non-hydrogen) atoms. The van der Waals surface area contributed by atoms with Gasteiger partial charge in [0.2, 0.25) is 0 Å². The minimum atomic E-state index is -4.94. The van der Waals surface area contributed by atoms with Crippen LogP contribution in [0.25, 0.3) is 12.2 Å². The van der Waals surface area contributed by atoms with E-state index in [0.29, 0.717) is 0 Å². The summed E-state index contributed by atoms with van der Waals surface area (Å²) in [7, 11) is 0. The van der Waals surface area contributed by atoms with Gasteiger partial charge in [0, 0.05) is 5.56 Å². The molecule has 0 aliphatic carbocycles. The van der Waals surface area contributed by atoms with Crippen LogP contribution < -0.4 is 0 Å². The third-order valence-electron chi connectivity index (χ3n) is 2.60. The van der Waals surface area contributed by atoms with Gasteiger partial charge in [-0.15, -0.1) is 0 Å². The maximum Gasteiger partial charge on any atom is 0.458 e. The molecule has 0 aliphatic rings. The molecule has 0 spiro atoms. The monoisotopic (exact) mass is 280 g/mol. The van der Waals surface area contributed by atoms with E-state index in [4.69, 9.17) is 4.42 Å². The van der Waals surface area contributed by atoms with Gasteiger partial charge in [0.05, 0.1) is 0 Å². The summed E-state index contributed by atoms with van der Waals surface area (Å²) in [4.78, 5) is 11.3. The Balaban J connectivity index is 2.34. The highest BCUT2D eigenvalue weighted by Gasteiger charge is 2.42. The summed E-state index contributed by atoms with van der Waals surface area (Å²) in [5.74, 6) is -2.40. The predicted molar refractivity (Wildman–Crippen MR) is 69.2 cm³/mol. The molecular weight excluding hydrogens is 269 g/mol. The minimum Gasteiger partial charge on any atom is -0.457 e. The first kappa shape index (κ1) is 14.1. The van der Waals surface area contributed by atoms with Crippen LogP contribution in [0, 0.1) is 6.92 Å². The number of aryl methyl sites for hydroxylation is 1. The molecule has 0 amide bonds. The molecule has 0 N–H and O–H groups in total. The number of alkyl halides is 3. The van der Waals surface area contributed by atoms with Crippen molar-refractivity contribution < 1.29 is 22.4 Å². The van der Waals surface area contributed by atoms with E-state index in [1.807, 2.05) is 18.2 Å². The summed E-state index contributed by atoms with van der Waals surface area (Å²) in [5, 5.41) is 0. The van der Waals surface area contributed by atoms with Crippen LogP contribution in [0.1, 0.15) is 27.4 Å². The zero-order valence-corrected chi connectivity index (χ0v) is 10.6. The van der Waals surface area contributed by atoms with Crippen LogP contribution >= 0.6 is 0 Å². The predicted octanol–water partition coefficient (Wildman–Crippen LogP) is 4.50. The Kier molecular flexibility index (Phi) is 3.79. The summed E-state index contributed by atoms with van der Waals surface area (Å²) in [6.07, 6.45) is -1.89. The average Bonchev–Trinajstić information content (AvgIpc) is 2.76. The fourth-order valence-corrected chi connectivity index (χ4v) is 1.71. The topological polar surface area (TPSA) is 30.2 Å². The van der Waals surface area contributed by atoms with E-state index in [1.54, 1.807) is 18.2 Å². The molecule has 0 bridgehead atoms. The number of carbonyl (C=O) groups excluding carboxylic acids is 1. The lowest BCUT2D eigenvalue weighted by atomic mass is 10.1. The second-order valence-electron chi connectivity index (χ2n) is 4.21. The molecule has 1 aromatic heterocycles. The van der Waals surface area contributed by atoms with Crippen molar-refractivity contribution in [1.29, 1.82) is 0 Å². The highest BCUT2D eigenvalue weighted by molar-refractivity contribution is 6.01. The molecule has 1 heterocycles. The number of benzene rings is 1. The molecule has 2 aromatic rings. The first-order valence-corrected chi connectivity index (χ1v) is 5.83. The van der Waals surface area contributed by atoms with Gasteiger partial charge in [-0.25, -0.2) is 0 Å².